The van der Waals surface area contributed by atoms with Gasteiger partial charge in [-0.1, -0.05) is 18.2 Å². The van der Waals surface area contributed by atoms with E-state index in [0.29, 0.717) is 28.3 Å². The lowest BCUT2D eigenvalue weighted by Gasteiger charge is -2.12. The monoisotopic (exact) mass is 287 g/mol. The number of benzene rings is 2. The second-order valence-electron chi connectivity index (χ2n) is 4.34. The lowest BCUT2D eigenvalue weighted by molar-refractivity contribution is 0.102. The summed E-state index contributed by atoms with van der Waals surface area (Å²) in [4.78, 5) is 12.4. The Morgan fingerprint density at radius 1 is 1.14 bits per heavy atom. The van der Waals surface area contributed by atoms with Crippen LogP contribution in [0.3, 0.4) is 0 Å². The van der Waals surface area contributed by atoms with Crippen molar-refractivity contribution in [3.05, 3.63) is 53.6 Å². The van der Waals surface area contributed by atoms with Crippen LogP contribution in [0.2, 0.25) is 0 Å². The van der Waals surface area contributed by atoms with Crippen molar-refractivity contribution in [3.63, 3.8) is 0 Å². The van der Waals surface area contributed by atoms with E-state index in [-0.39, 0.29) is 12.5 Å². The number of anilines is 1. The Hall–Kier alpha value is -2.53. The summed E-state index contributed by atoms with van der Waals surface area (Å²) in [7, 11) is 3.03. The Balaban J connectivity index is 2.31. The van der Waals surface area contributed by atoms with E-state index in [1.807, 2.05) is 0 Å². The summed E-state index contributed by atoms with van der Waals surface area (Å²) in [6.07, 6.45) is 0. The third-order valence-electron chi connectivity index (χ3n) is 3.09. The number of carbonyl (C=O) groups is 1. The quantitative estimate of drug-likeness (QED) is 0.886. The lowest BCUT2D eigenvalue weighted by atomic mass is 10.1. The van der Waals surface area contributed by atoms with Gasteiger partial charge in [0.2, 0.25) is 0 Å². The molecule has 0 saturated heterocycles. The molecular formula is C16H17NO4. The summed E-state index contributed by atoms with van der Waals surface area (Å²) in [5, 5.41) is 12.1. The number of para-hydroxylation sites is 1. The Kier molecular flexibility index (Phi) is 4.79. The largest absolute Gasteiger partial charge is 0.497 e. The molecule has 0 atom stereocenters. The number of aliphatic hydroxyl groups is 1. The summed E-state index contributed by atoms with van der Waals surface area (Å²) in [5.74, 6) is 0.692. The van der Waals surface area contributed by atoms with Crippen molar-refractivity contribution in [3.8, 4) is 11.5 Å². The number of rotatable bonds is 5. The average Bonchev–Trinajstić information content (AvgIpc) is 2.54. The van der Waals surface area contributed by atoms with E-state index < -0.39 is 0 Å². The van der Waals surface area contributed by atoms with Crippen molar-refractivity contribution >= 4 is 11.6 Å². The van der Waals surface area contributed by atoms with E-state index in [4.69, 9.17) is 9.47 Å². The van der Waals surface area contributed by atoms with Crippen LogP contribution in [0, 0.1) is 0 Å². The standard InChI is InChI=1S/C16H17NO4/c1-20-12-7-8-15(21-2)13(9-12)16(19)17-14-6-4-3-5-11(14)10-18/h3-9,18H,10H2,1-2H3,(H,17,19). The molecule has 0 unspecified atom stereocenters. The molecular weight excluding hydrogens is 270 g/mol. The highest BCUT2D eigenvalue weighted by molar-refractivity contribution is 6.06. The summed E-state index contributed by atoms with van der Waals surface area (Å²) >= 11 is 0. The van der Waals surface area contributed by atoms with Crippen LogP contribution in [0.15, 0.2) is 42.5 Å². The van der Waals surface area contributed by atoms with Crippen LogP contribution in [0.25, 0.3) is 0 Å². The molecule has 2 aromatic rings. The molecule has 0 aromatic heterocycles. The molecule has 21 heavy (non-hydrogen) atoms. The minimum absolute atomic E-state index is 0.147. The minimum atomic E-state index is -0.327. The van der Waals surface area contributed by atoms with Crippen molar-refractivity contribution in [1.29, 1.82) is 0 Å². The maximum atomic E-state index is 12.4. The van der Waals surface area contributed by atoms with Gasteiger partial charge in [-0.3, -0.25) is 4.79 Å². The Morgan fingerprint density at radius 2 is 1.90 bits per heavy atom. The van der Waals surface area contributed by atoms with Gasteiger partial charge in [-0.2, -0.15) is 0 Å². The topological polar surface area (TPSA) is 67.8 Å². The summed E-state index contributed by atoms with van der Waals surface area (Å²) < 4.78 is 10.3. The van der Waals surface area contributed by atoms with Crippen LogP contribution >= 0.6 is 0 Å². The maximum absolute atomic E-state index is 12.4. The highest BCUT2D eigenvalue weighted by Crippen LogP contribution is 2.25. The first-order chi connectivity index (χ1) is 10.2. The number of nitrogens with one attached hydrogen (secondary N) is 1. The first kappa shape index (κ1) is 14.9. The molecule has 1 amide bonds. The highest BCUT2D eigenvalue weighted by Gasteiger charge is 2.15. The number of hydrogen-bond donors (Lipinski definition) is 2. The Labute approximate surface area is 123 Å². The number of amides is 1. The van der Waals surface area contributed by atoms with E-state index in [9.17, 15) is 9.90 Å². The predicted molar refractivity (Wildman–Crippen MR) is 79.9 cm³/mol. The van der Waals surface area contributed by atoms with Gasteiger partial charge in [0.25, 0.3) is 5.91 Å². The number of aliphatic hydroxyl groups excluding tert-OH is 1. The zero-order valence-electron chi connectivity index (χ0n) is 11.9. The van der Waals surface area contributed by atoms with Gasteiger partial charge < -0.3 is 19.9 Å². The van der Waals surface area contributed by atoms with Gasteiger partial charge >= 0.3 is 0 Å². The van der Waals surface area contributed by atoms with Crippen molar-refractivity contribution in [2.24, 2.45) is 0 Å². The highest BCUT2D eigenvalue weighted by atomic mass is 16.5. The van der Waals surface area contributed by atoms with Gasteiger partial charge in [0, 0.05) is 11.3 Å². The molecule has 0 saturated carbocycles. The average molecular weight is 287 g/mol. The molecule has 0 aliphatic heterocycles. The van der Waals surface area contributed by atoms with Gasteiger partial charge in [-0.05, 0) is 24.3 Å². The molecule has 5 nitrogen and oxygen atoms in total. The lowest BCUT2D eigenvalue weighted by Crippen LogP contribution is -2.14. The van der Waals surface area contributed by atoms with E-state index >= 15 is 0 Å². The molecule has 2 N–H and O–H groups in total. The number of carbonyl (C=O) groups excluding carboxylic acids is 1. The maximum Gasteiger partial charge on any atom is 0.259 e. The minimum Gasteiger partial charge on any atom is -0.497 e. The van der Waals surface area contributed by atoms with Gasteiger partial charge in [0.05, 0.1) is 26.4 Å². The van der Waals surface area contributed by atoms with Crippen molar-refractivity contribution in [2.75, 3.05) is 19.5 Å². The van der Waals surface area contributed by atoms with Crippen molar-refractivity contribution in [1.82, 2.24) is 0 Å². The second-order valence-corrected chi connectivity index (χ2v) is 4.34. The summed E-state index contributed by atoms with van der Waals surface area (Å²) in [5.41, 5.74) is 1.58. The molecule has 0 heterocycles. The molecule has 2 aromatic carbocycles. The fourth-order valence-corrected chi connectivity index (χ4v) is 1.96. The number of ether oxygens (including phenoxy) is 2. The zero-order chi connectivity index (χ0) is 15.2. The first-order valence-corrected chi connectivity index (χ1v) is 6.41. The van der Waals surface area contributed by atoms with Crippen LogP contribution in [-0.4, -0.2) is 25.2 Å². The van der Waals surface area contributed by atoms with Crippen LogP contribution < -0.4 is 14.8 Å². The van der Waals surface area contributed by atoms with Crippen LogP contribution in [0.5, 0.6) is 11.5 Å². The van der Waals surface area contributed by atoms with E-state index in [2.05, 4.69) is 5.32 Å². The molecule has 0 bridgehead atoms. The molecule has 5 heteroatoms. The van der Waals surface area contributed by atoms with Crippen LogP contribution in [-0.2, 0) is 6.61 Å². The number of hydrogen-bond acceptors (Lipinski definition) is 4. The molecule has 0 aliphatic carbocycles. The summed E-state index contributed by atoms with van der Waals surface area (Å²) in [6, 6.07) is 12.1. The number of methoxy groups -OCH3 is 2. The van der Waals surface area contributed by atoms with Crippen molar-refractivity contribution in [2.45, 2.75) is 6.61 Å². The van der Waals surface area contributed by atoms with Gasteiger partial charge in [-0.15, -0.1) is 0 Å². The SMILES string of the molecule is COc1ccc(OC)c(C(=O)Nc2ccccc2CO)c1. The Bertz CT molecular complexity index is 640. The van der Waals surface area contributed by atoms with E-state index in [1.54, 1.807) is 42.5 Å². The predicted octanol–water partition coefficient (Wildman–Crippen LogP) is 2.45. The van der Waals surface area contributed by atoms with Crippen LogP contribution in [0.4, 0.5) is 5.69 Å². The van der Waals surface area contributed by atoms with Crippen LogP contribution in [0.1, 0.15) is 15.9 Å². The van der Waals surface area contributed by atoms with Gasteiger partial charge in [0.1, 0.15) is 11.5 Å². The van der Waals surface area contributed by atoms with E-state index in [1.165, 1.54) is 14.2 Å². The summed E-state index contributed by atoms with van der Waals surface area (Å²) in [6.45, 7) is -0.147. The van der Waals surface area contributed by atoms with Gasteiger partial charge in [0.15, 0.2) is 0 Å². The smallest absolute Gasteiger partial charge is 0.259 e. The van der Waals surface area contributed by atoms with Crippen molar-refractivity contribution < 1.29 is 19.4 Å². The molecule has 0 aliphatic rings. The van der Waals surface area contributed by atoms with E-state index in [0.717, 1.165) is 0 Å². The molecule has 0 spiro atoms. The third kappa shape index (κ3) is 3.32. The molecule has 2 rings (SSSR count). The second kappa shape index (κ2) is 6.76. The zero-order valence-corrected chi connectivity index (χ0v) is 11.9. The normalized spacial score (nSPS) is 10.0. The fourth-order valence-electron chi connectivity index (χ4n) is 1.96. The third-order valence-corrected chi connectivity index (χ3v) is 3.09. The Morgan fingerprint density at radius 3 is 2.57 bits per heavy atom. The van der Waals surface area contributed by atoms with Gasteiger partial charge in [-0.25, -0.2) is 0 Å². The molecule has 110 valence electrons. The molecule has 0 fully saturated rings. The first-order valence-electron chi connectivity index (χ1n) is 6.41. The fraction of sp³-hybridized carbons (Fsp3) is 0.188. The molecule has 0 radical (unpaired) electrons.